The number of aromatic nitrogens is 1. The number of furan rings is 1. The van der Waals surface area contributed by atoms with Crippen LogP contribution >= 0.6 is 0 Å². The fourth-order valence-corrected chi connectivity index (χ4v) is 8.32. The normalized spacial score (nSPS) is 12.2. The Balaban J connectivity index is 1.08. The van der Waals surface area contributed by atoms with Gasteiger partial charge in [0.1, 0.15) is 11.2 Å². The summed E-state index contributed by atoms with van der Waals surface area (Å²) in [4.78, 5) is 0. The molecule has 10 rings (SSSR count). The van der Waals surface area contributed by atoms with Gasteiger partial charge >= 0.3 is 0 Å². The van der Waals surface area contributed by atoms with Crippen LogP contribution in [0, 0.1) is 0 Å². The molecule has 0 bridgehead atoms. The molecule has 0 atom stereocenters. The van der Waals surface area contributed by atoms with Gasteiger partial charge in [-0.15, -0.1) is 0 Å². The summed E-state index contributed by atoms with van der Waals surface area (Å²) in [6.07, 6.45) is 4.08. The van der Waals surface area contributed by atoms with Gasteiger partial charge in [-0.05, 0) is 98.2 Å². The van der Waals surface area contributed by atoms with E-state index in [-0.39, 0.29) is 0 Å². The van der Waals surface area contributed by atoms with E-state index in [4.69, 9.17) is 11.0 Å². The summed E-state index contributed by atoms with van der Waals surface area (Å²) >= 11 is 0. The molecular weight excluding hydrogens is 643 g/mol. The topological polar surface area (TPSA) is 18.1 Å². The fraction of sp³-hybridized carbons (Fsp3) is 0.0588. The molecule has 10 aromatic rings. The molecule has 0 unspecified atom stereocenters. The minimum atomic E-state index is 0.798. The van der Waals surface area contributed by atoms with Crippen molar-refractivity contribution in [1.29, 1.82) is 0 Å². The Morgan fingerprint density at radius 2 is 1.17 bits per heavy atom. The van der Waals surface area contributed by atoms with Crippen LogP contribution in [0.5, 0.6) is 0 Å². The fourth-order valence-electron chi connectivity index (χ4n) is 8.32. The van der Waals surface area contributed by atoms with E-state index in [1.54, 1.807) is 0 Å². The molecule has 0 radical (unpaired) electrons. The summed E-state index contributed by atoms with van der Waals surface area (Å²) < 4.78 is 8.82. The van der Waals surface area contributed by atoms with Crippen molar-refractivity contribution in [3.8, 4) is 22.3 Å². The first-order valence-electron chi connectivity index (χ1n) is 18.5. The molecule has 0 spiro atoms. The monoisotopic (exact) mass is 679 g/mol. The first-order valence-corrected chi connectivity index (χ1v) is 18.5. The smallest absolute Gasteiger partial charge is 0.136 e. The molecule has 2 heterocycles. The quantitative estimate of drug-likeness (QED) is 0.164. The minimum absolute atomic E-state index is 0.798. The van der Waals surface area contributed by atoms with E-state index in [2.05, 4.69) is 181 Å². The van der Waals surface area contributed by atoms with Crippen LogP contribution in [0.4, 0.5) is 0 Å². The highest BCUT2D eigenvalue weighted by molar-refractivity contribution is 6.22. The van der Waals surface area contributed by atoms with E-state index < -0.39 is 0 Å². The molecule has 0 aliphatic heterocycles. The van der Waals surface area contributed by atoms with Crippen LogP contribution in [0.15, 0.2) is 180 Å². The van der Waals surface area contributed by atoms with Crippen LogP contribution in [0.25, 0.3) is 99.3 Å². The number of fused-ring (bicyclic) bond motifs is 10. The Bertz CT molecular complexity index is 3080. The predicted octanol–water partition coefficient (Wildman–Crippen LogP) is 14.7. The third-order valence-electron chi connectivity index (χ3n) is 10.9. The van der Waals surface area contributed by atoms with Crippen molar-refractivity contribution >= 4 is 77.1 Å². The lowest BCUT2D eigenvalue weighted by Crippen LogP contribution is -1.97. The third-order valence-corrected chi connectivity index (χ3v) is 10.9. The van der Waals surface area contributed by atoms with Crippen LogP contribution in [-0.2, 0) is 0 Å². The first kappa shape index (κ1) is 31.1. The molecule has 0 aliphatic carbocycles. The standard InChI is InChI=1S/C51H37NO/c1-3-34(29-35-12-5-4-6-13-35)28-33(2)52-46-25-22-40(31-45(46)50-42-18-9-7-14-36(42)21-26-47(50)52)38-16-11-17-39(30-38)41-20-24-44-49(32-41)53-48-27-23-37-15-8-10-19-43(37)51(44)48/h4-27,29-32H,2-3,28H2,1H3/b34-29+. The van der Waals surface area contributed by atoms with Crippen molar-refractivity contribution in [1.82, 2.24) is 4.57 Å². The van der Waals surface area contributed by atoms with E-state index in [9.17, 15) is 0 Å². The summed E-state index contributed by atoms with van der Waals surface area (Å²) in [5, 5.41) is 9.78. The van der Waals surface area contributed by atoms with Crippen molar-refractivity contribution < 1.29 is 4.42 Å². The summed E-state index contributed by atoms with van der Waals surface area (Å²) in [7, 11) is 0. The molecule has 0 aliphatic rings. The molecule has 8 aromatic carbocycles. The average Bonchev–Trinajstić information content (AvgIpc) is 3.76. The molecule has 0 amide bonds. The van der Waals surface area contributed by atoms with Gasteiger partial charge in [0.15, 0.2) is 0 Å². The molecule has 0 fully saturated rings. The van der Waals surface area contributed by atoms with E-state index in [0.29, 0.717) is 0 Å². The Labute approximate surface area is 308 Å². The third kappa shape index (κ3) is 5.26. The second-order valence-electron chi connectivity index (χ2n) is 14.1. The van der Waals surface area contributed by atoms with Crippen molar-refractivity contribution in [3.05, 3.63) is 182 Å². The van der Waals surface area contributed by atoms with Gasteiger partial charge in [0.2, 0.25) is 0 Å². The van der Waals surface area contributed by atoms with Gasteiger partial charge in [0, 0.05) is 33.7 Å². The van der Waals surface area contributed by atoms with Gasteiger partial charge in [0.05, 0.1) is 11.0 Å². The summed E-state index contributed by atoms with van der Waals surface area (Å²) in [5.41, 5.74) is 12.5. The minimum Gasteiger partial charge on any atom is -0.456 e. The summed E-state index contributed by atoms with van der Waals surface area (Å²) in [5.74, 6) is 0. The SMILES string of the molecule is C=C(C/C(=C/c1ccccc1)CC)n1c2ccc(-c3cccc(-c4ccc5c(c4)oc4ccc6ccccc6c45)c3)cc2c2c3ccccc3ccc21. The van der Waals surface area contributed by atoms with E-state index in [1.165, 1.54) is 71.0 Å². The number of nitrogens with zero attached hydrogens (tertiary/aromatic N) is 1. The zero-order valence-corrected chi connectivity index (χ0v) is 29.6. The van der Waals surface area contributed by atoms with Gasteiger partial charge < -0.3 is 8.98 Å². The average molecular weight is 680 g/mol. The van der Waals surface area contributed by atoms with Gasteiger partial charge in [-0.2, -0.15) is 0 Å². The van der Waals surface area contributed by atoms with Gasteiger partial charge in [0.25, 0.3) is 0 Å². The molecule has 0 N–H and O–H groups in total. The Morgan fingerprint density at radius 1 is 0.528 bits per heavy atom. The zero-order valence-electron chi connectivity index (χ0n) is 29.6. The van der Waals surface area contributed by atoms with E-state index >= 15 is 0 Å². The lowest BCUT2D eigenvalue weighted by atomic mass is 9.96. The largest absolute Gasteiger partial charge is 0.456 e. The maximum atomic E-state index is 6.43. The molecule has 252 valence electrons. The molecule has 2 heteroatoms. The lowest BCUT2D eigenvalue weighted by Gasteiger charge is -2.14. The van der Waals surface area contributed by atoms with Gasteiger partial charge in [-0.1, -0.05) is 146 Å². The molecule has 53 heavy (non-hydrogen) atoms. The van der Waals surface area contributed by atoms with Crippen LogP contribution < -0.4 is 0 Å². The molecule has 0 saturated heterocycles. The zero-order chi connectivity index (χ0) is 35.5. The van der Waals surface area contributed by atoms with Crippen molar-refractivity contribution in [2.75, 3.05) is 0 Å². The van der Waals surface area contributed by atoms with E-state index in [1.807, 2.05) is 0 Å². The van der Waals surface area contributed by atoms with Crippen LogP contribution in [0.2, 0.25) is 0 Å². The molecule has 2 aromatic heterocycles. The Hall–Kier alpha value is -6.64. The number of benzene rings is 8. The maximum Gasteiger partial charge on any atom is 0.136 e. The van der Waals surface area contributed by atoms with Crippen LogP contribution in [-0.4, -0.2) is 4.57 Å². The highest BCUT2D eigenvalue weighted by Gasteiger charge is 2.18. The highest BCUT2D eigenvalue weighted by Crippen LogP contribution is 2.41. The van der Waals surface area contributed by atoms with Crippen molar-refractivity contribution in [3.63, 3.8) is 0 Å². The molecule has 2 nitrogen and oxygen atoms in total. The Morgan fingerprint density at radius 3 is 1.94 bits per heavy atom. The van der Waals surface area contributed by atoms with Gasteiger partial charge in [-0.3, -0.25) is 0 Å². The number of hydrogen-bond donors (Lipinski definition) is 0. The maximum absolute atomic E-state index is 6.43. The van der Waals surface area contributed by atoms with Crippen molar-refractivity contribution in [2.24, 2.45) is 0 Å². The Kier molecular flexibility index (Phi) is 7.37. The predicted molar refractivity (Wildman–Crippen MR) is 227 cm³/mol. The molecular formula is C51H37NO. The first-order chi connectivity index (χ1) is 26.1. The van der Waals surface area contributed by atoms with Crippen LogP contribution in [0.1, 0.15) is 25.3 Å². The molecule has 0 saturated carbocycles. The van der Waals surface area contributed by atoms with Crippen LogP contribution in [0.3, 0.4) is 0 Å². The van der Waals surface area contributed by atoms with E-state index in [0.717, 1.165) is 46.2 Å². The number of rotatable bonds is 7. The number of allylic oxidation sites excluding steroid dienone is 2. The second-order valence-corrected chi connectivity index (χ2v) is 14.1. The van der Waals surface area contributed by atoms with Gasteiger partial charge in [-0.25, -0.2) is 0 Å². The van der Waals surface area contributed by atoms with Crippen molar-refractivity contribution in [2.45, 2.75) is 19.8 Å². The lowest BCUT2D eigenvalue weighted by molar-refractivity contribution is 0.669. The second kappa shape index (κ2) is 12.5. The summed E-state index contributed by atoms with van der Waals surface area (Å²) in [6, 6.07) is 59.0. The number of hydrogen-bond acceptors (Lipinski definition) is 1. The highest BCUT2D eigenvalue weighted by atomic mass is 16.3. The summed E-state index contributed by atoms with van der Waals surface area (Å²) in [6.45, 7) is 6.93.